The van der Waals surface area contributed by atoms with Crippen molar-refractivity contribution < 1.29 is 9.59 Å². The smallest absolute Gasteiger partial charge is 0.271 e. The molecule has 0 aliphatic carbocycles. The molecule has 0 radical (unpaired) electrons. The van der Waals surface area contributed by atoms with Crippen LogP contribution in [0.25, 0.3) is 0 Å². The second-order valence-corrected chi connectivity index (χ2v) is 7.30. The molecule has 0 bridgehead atoms. The average molecular weight is 355 g/mol. The third-order valence-electron chi connectivity index (χ3n) is 5.55. The van der Waals surface area contributed by atoms with E-state index in [1.165, 1.54) is 5.69 Å². The first kappa shape index (κ1) is 18.5. The van der Waals surface area contributed by atoms with Crippen molar-refractivity contribution >= 4 is 11.7 Å². The van der Waals surface area contributed by atoms with Crippen molar-refractivity contribution in [1.82, 2.24) is 14.5 Å². The summed E-state index contributed by atoms with van der Waals surface area (Å²) in [5.41, 5.74) is 4.10. The van der Waals surface area contributed by atoms with Crippen LogP contribution in [0, 0.1) is 6.92 Å². The van der Waals surface area contributed by atoms with E-state index in [-0.39, 0.29) is 17.7 Å². The fourth-order valence-corrected chi connectivity index (χ4v) is 4.31. The van der Waals surface area contributed by atoms with Gasteiger partial charge in [-0.3, -0.25) is 9.59 Å². The molecule has 0 unspecified atom stereocenters. The van der Waals surface area contributed by atoms with Crippen LogP contribution >= 0.6 is 0 Å². The van der Waals surface area contributed by atoms with E-state index in [9.17, 15) is 9.59 Å². The van der Waals surface area contributed by atoms with Gasteiger partial charge < -0.3 is 14.5 Å². The Balaban J connectivity index is 2.03. The number of ketones is 1. The van der Waals surface area contributed by atoms with Crippen molar-refractivity contribution in [3.05, 3.63) is 46.5 Å². The molecule has 140 valence electrons. The predicted molar refractivity (Wildman–Crippen MR) is 103 cm³/mol. The number of likely N-dealkylation sites (tertiary alicyclic amines) is 1. The van der Waals surface area contributed by atoms with Crippen LogP contribution < -0.4 is 0 Å². The van der Waals surface area contributed by atoms with E-state index < -0.39 is 0 Å². The van der Waals surface area contributed by atoms with Crippen molar-refractivity contribution in [3.63, 3.8) is 0 Å². The molecule has 2 aromatic heterocycles. The van der Waals surface area contributed by atoms with Crippen LogP contribution in [0.5, 0.6) is 0 Å². The Morgan fingerprint density at radius 1 is 1.27 bits per heavy atom. The maximum Gasteiger partial charge on any atom is 0.271 e. The number of nitrogens with zero attached hydrogens (tertiary/aromatic N) is 2. The molecule has 1 aliphatic rings. The van der Waals surface area contributed by atoms with Gasteiger partial charge in [-0.05, 0) is 50.8 Å². The Bertz CT molecular complexity index is 815. The molecule has 1 fully saturated rings. The fourth-order valence-electron chi connectivity index (χ4n) is 4.31. The molecule has 1 amide bonds. The number of amides is 1. The first-order valence-electron chi connectivity index (χ1n) is 9.60. The topological polar surface area (TPSA) is 58.1 Å². The predicted octanol–water partition coefficient (Wildman–Crippen LogP) is 4.18. The van der Waals surface area contributed by atoms with Gasteiger partial charge in [-0.2, -0.15) is 0 Å². The minimum absolute atomic E-state index is 0.0181. The zero-order chi connectivity index (χ0) is 18.8. The number of nitrogens with one attached hydrogen (secondary N) is 1. The number of hydrogen-bond donors (Lipinski definition) is 1. The Kier molecular flexibility index (Phi) is 5.35. The molecule has 0 saturated carbocycles. The molecule has 5 nitrogen and oxygen atoms in total. The number of H-pyrrole nitrogens is 1. The molecule has 3 rings (SSSR count). The van der Waals surface area contributed by atoms with Crippen LogP contribution in [0.15, 0.2) is 18.3 Å². The normalized spacial score (nSPS) is 18.0. The molecule has 26 heavy (non-hydrogen) atoms. The first-order chi connectivity index (χ1) is 12.5. The van der Waals surface area contributed by atoms with Gasteiger partial charge in [-0.25, -0.2) is 0 Å². The SMILES string of the molecule is CCc1c(C(=O)N2CCCCC[C@H]2c2cccn2C)[nH]c(C)c1C(C)=O. The van der Waals surface area contributed by atoms with Crippen molar-refractivity contribution in [1.29, 1.82) is 0 Å². The van der Waals surface area contributed by atoms with Gasteiger partial charge in [0.25, 0.3) is 5.91 Å². The molecule has 2 aromatic rings. The number of aromatic nitrogens is 2. The lowest BCUT2D eigenvalue weighted by Crippen LogP contribution is -2.36. The van der Waals surface area contributed by atoms with Gasteiger partial charge in [0.1, 0.15) is 5.69 Å². The van der Waals surface area contributed by atoms with Gasteiger partial charge >= 0.3 is 0 Å². The largest absolute Gasteiger partial charge is 0.354 e. The molecule has 0 aromatic carbocycles. The summed E-state index contributed by atoms with van der Waals surface area (Å²) < 4.78 is 2.11. The molecule has 1 atom stereocenters. The van der Waals surface area contributed by atoms with E-state index in [1.54, 1.807) is 6.92 Å². The summed E-state index contributed by atoms with van der Waals surface area (Å²) in [4.78, 5) is 30.8. The van der Waals surface area contributed by atoms with Gasteiger partial charge in [0, 0.05) is 36.7 Å². The van der Waals surface area contributed by atoms with Crippen molar-refractivity contribution in [2.75, 3.05) is 6.54 Å². The Morgan fingerprint density at radius 3 is 2.65 bits per heavy atom. The van der Waals surface area contributed by atoms with Gasteiger partial charge in [0.2, 0.25) is 0 Å². The zero-order valence-corrected chi connectivity index (χ0v) is 16.3. The van der Waals surface area contributed by atoms with E-state index in [0.717, 1.165) is 43.5 Å². The fraction of sp³-hybridized carbons (Fsp3) is 0.524. The second-order valence-electron chi connectivity index (χ2n) is 7.30. The maximum atomic E-state index is 13.5. The molecular formula is C21H29N3O2. The summed E-state index contributed by atoms with van der Waals surface area (Å²) in [6.45, 7) is 6.21. The number of aromatic amines is 1. The van der Waals surface area contributed by atoms with Crippen LogP contribution in [0.1, 0.15) is 83.4 Å². The molecule has 1 N–H and O–H groups in total. The number of Topliss-reactive ketones (excluding diaryl/α,β-unsaturated/α-hetero) is 1. The summed E-state index contributed by atoms with van der Waals surface area (Å²) in [6.07, 6.45) is 6.98. The third kappa shape index (κ3) is 3.22. The monoisotopic (exact) mass is 355 g/mol. The highest BCUT2D eigenvalue weighted by molar-refractivity contribution is 6.02. The van der Waals surface area contributed by atoms with E-state index in [2.05, 4.69) is 15.6 Å². The van der Waals surface area contributed by atoms with Gasteiger partial charge in [0.05, 0.1) is 6.04 Å². The molecule has 5 heteroatoms. The third-order valence-corrected chi connectivity index (χ3v) is 5.55. The number of carbonyl (C=O) groups excluding carboxylic acids is 2. The van der Waals surface area contributed by atoms with E-state index in [0.29, 0.717) is 17.7 Å². The summed E-state index contributed by atoms with van der Waals surface area (Å²) in [7, 11) is 2.03. The average Bonchev–Trinajstić information content (AvgIpc) is 3.08. The summed E-state index contributed by atoms with van der Waals surface area (Å²) in [6, 6.07) is 4.23. The van der Waals surface area contributed by atoms with Crippen molar-refractivity contribution in [2.24, 2.45) is 7.05 Å². The number of carbonyl (C=O) groups is 2. The van der Waals surface area contributed by atoms with Gasteiger partial charge in [-0.15, -0.1) is 0 Å². The quantitative estimate of drug-likeness (QED) is 0.836. The van der Waals surface area contributed by atoms with Crippen molar-refractivity contribution in [3.8, 4) is 0 Å². The lowest BCUT2D eigenvalue weighted by molar-refractivity contribution is 0.0668. The van der Waals surface area contributed by atoms with Gasteiger partial charge in [-0.1, -0.05) is 19.8 Å². The van der Waals surface area contributed by atoms with Gasteiger partial charge in [0.15, 0.2) is 5.78 Å². The molecule has 0 spiro atoms. The molecule has 1 saturated heterocycles. The Hall–Kier alpha value is -2.30. The standard InChI is InChI=1S/C21H29N3O2/c1-5-16-19(15(3)25)14(2)22-20(16)21(26)24-13-8-6-7-10-18(24)17-11-9-12-23(17)4/h9,11-12,18,22H,5-8,10,13H2,1-4H3/t18-/m0/s1. The first-order valence-corrected chi connectivity index (χ1v) is 9.60. The summed E-state index contributed by atoms with van der Waals surface area (Å²) >= 11 is 0. The lowest BCUT2D eigenvalue weighted by atomic mass is 10.0. The zero-order valence-electron chi connectivity index (χ0n) is 16.3. The molecular weight excluding hydrogens is 326 g/mol. The minimum atomic E-state index is 0.0181. The molecule has 3 heterocycles. The van der Waals surface area contributed by atoms with Crippen molar-refractivity contribution in [2.45, 2.75) is 58.9 Å². The van der Waals surface area contributed by atoms with Crippen LogP contribution in [-0.2, 0) is 13.5 Å². The minimum Gasteiger partial charge on any atom is -0.354 e. The second kappa shape index (κ2) is 7.52. The summed E-state index contributed by atoms with van der Waals surface area (Å²) in [5.74, 6) is 0.0371. The maximum absolute atomic E-state index is 13.5. The van der Waals surface area contributed by atoms with E-state index >= 15 is 0 Å². The highest BCUT2D eigenvalue weighted by Gasteiger charge is 2.32. The number of hydrogen-bond acceptors (Lipinski definition) is 2. The lowest BCUT2D eigenvalue weighted by Gasteiger charge is -2.30. The highest BCUT2D eigenvalue weighted by Crippen LogP contribution is 2.32. The number of aryl methyl sites for hydroxylation is 2. The summed E-state index contributed by atoms with van der Waals surface area (Å²) in [5, 5.41) is 0. The Labute approximate surface area is 155 Å². The van der Waals surface area contributed by atoms with Crippen LogP contribution in [0.2, 0.25) is 0 Å². The molecule has 1 aliphatic heterocycles. The van der Waals surface area contributed by atoms with E-state index in [1.807, 2.05) is 38.1 Å². The number of rotatable bonds is 4. The van der Waals surface area contributed by atoms with Crippen LogP contribution in [0.3, 0.4) is 0 Å². The van der Waals surface area contributed by atoms with Crippen LogP contribution in [0.4, 0.5) is 0 Å². The van der Waals surface area contributed by atoms with Crippen LogP contribution in [-0.4, -0.2) is 32.7 Å². The Morgan fingerprint density at radius 2 is 2.04 bits per heavy atom. The van der Waals surface area contributed by atoms with E-state index in [4.69, 9.17) is 0 Å². The highest BCUT2D eigenvalue weighted by atomic mass is 16.2.